The number of benzene rings is 2. The largest absolute Gasteiger partial charge is 0.464 e. The number of rotatable bonds is 4. The Balaban J connectivity index is 2.19. The Kier molecular flexibility index (Phi) is 7.70. The molecule has 0 amide bonds. The Morgan fingerprint density at radius 2 is 1.25 bits per heavy atom. The van der Waals surface area contributed by atoms with Gasteiger partial charge in [-0.2, -0.15) is 26.3 Å². The number of hydrogen-bond acceptors (Lipinski definition) is 5. The van der Waals surface area contributed by atoms with Crippen molar-refractivity contribution in [3.63, 3.8) is 0 Å². The lowest BCUT2D eigenvalue weighted by Crippen LogP contribution is -2.16. The van der Waals surface area contributed by atoms with Crippen LogP contribution < -0.4 is 5.56 Å². The van der Waals surface area contributed by atoms with Crippen molar-refractivity contribution in [1.29, 1.82) is 0 Å². The summed E-state index contributed by atoms with van der Waals surface area (Å²) in [7, 11) is 0.945. The summed E-state index contributed by atoms with van der Waals surface area (Å²) in [6, 6.07) is 2.02. The second-order valence-corrected chi connectivity index (χ2v) is 8.37. The molecule has 1 aromatic heterocycles. The van der Waals surface area contributed by atoms with Crippen LogP contribution in [0.15, 0.2) is 39.3 Å². The van der Waals surface area contributed by atoms with E-state index in [1.54, 1.807) is 0 Å². The second-order valence-electron chi connectivity index (χ2n) is 6.74. The molecule has 0 unspecified atom stereocenters. The number of carbonyl (C=O) groups excluding carboxylic acids is 1. The van der Waals surface area contributed by atoms with Gasteiger partial charge in [-0.25, -0.2) is 9.48 Å². The van der Waals surface area contributed by atoms with E-state index in [1.165, 1.54) is 0 Å². The van der Waals surface area contributed by atoms with Crippen LogP contribution >= 0.6 is 46.4 Å². The first-order chi connectivity index (χ1) is 16.6. The number of azo groups is 1. The number of methoxy groups -OCH3 is 1. The zero-order valence-electron chi connectivity index (χ0n) is 17.2. The van der Waals surface area contributed by atoms with Crippen molar-refractivity contribution in [1.82, 2.24) is 9.78 Å². The van der Waals surface area contributed by atoms with Gasteiger partial charge in [0.1, 0.15) is 11.4 Å². The molecule has 2 aromatic carbocycles. The molecule has 0 radical (unpaired) electrons. The molecule has 17 heteroatoms. The predicted molar refractivity (Wildman–Crippen MR) is 118 cm³/mol. The molecule has 1 heterocycles. The zero-order chi connectivity index (χ0) is 27.2. The minimum atomic E-state index is -4.80. The predicted octanol–water partition coefficient (Wildman–Crippen LogP) is 8.02. The maximum Gasteiger partial charge on any atom is 0.416 e. The topological polar surface area (TPSA) is 88.8 Å². The Bertz CT molecular complexity index is 1400. The van der Waals surface area contributed by atoms with E-state index >= 15 is 0 Å². The lowest BCUT2D eigenvalue weighted by atomic mass is 10.2. The molecule has 1 N–H and O–H groups in total. The highest BCUT2D eigenvalue weighted by atomic mass is 35.5. The number of carbonyl (C=O) groups is 1. The summed E-state index contributed by atoms with van der Waals surface area (Å²) in [4.78, 5) is 25.2. The maximum absolute atomic E-state index is 13.0. The summed E-state index contributed by atoms with van der Waals surface area (Å²) in [6.07, 6.45) is -9.57. The third kappa shape index (κ3) is 5.48. The SMILES string of the molecule is COC(=O)c1[nH]n(-c2c(Cl)cc(C(F)(F)F)cc2Cl)c(=O)c1N=Nc1c(Cl)cc(C(F)(F)F)cc1Cl. The highest BCUT2D eigenvalue weighted by Gasteiger charge is 2.34. The van der Waals surface area contributed by atoms with Crippen LogP contribution in [-0.2, 0) is 17.1 Å². The number of nitrogens with zero attached hydrogens (tertiary/aromatic N) is 3. The summed E-state index contributed by atoms with van der Waals surface area (Å²) in [5.41, 5.74) is -5.91. The minimum Gasteiger partial charge on any atom is -0.464 e. The average Bonchev–Trinajstić information content (AvgIpc) is 3.06. The van der Waals surface area contributed by atoms with Gasteiger partial charge in [0, 0.05) is 0 Å². The Morgan fingerprint density at radius 1 is 0.833 bits per heavy atom. The molecule has 192 valence electrons. The zero-order valence-corrected chi connectivity index (χ0v) is 20.2. The van der Waals surface area contributed by atoms with E-state index in [4.69, 9.17) is 46.4 Å². The van der Waals surface area contributed by atoms with Crippen molar-refractivity contribution in [2.45, 2.75) is 12.4 Å². The van der Waals surface area contributed by atoms with Crippen LogP contribution in [0.5, 0.6) is 0 Å². The normalized spacial score (nSPS) is 12.4. The minimum absolute atomic E-state index is 0.464. The summed E-state index contributed by atoms with van der Waals surface area (Å²) in [6.45, 7) is 0. The highest BCUT2D eigenvalue weighted by Crippen LogP contribution is 2.41. The van der Waals surface area contributed by atoms with Crippen molar-refractivity contribution in [2.75, 3.05) is 7.11 Å². The van der Waals surface area contributed by atoms with Crippen molar-refractivity contribution < 1.29 is 35.9 Å². The van der Waals surface area contributed by atoms with Gasteiger partial charge >= 0.3 is 18.3 Å². The molecule has 0 atom stereocenters. The first kappa shape index (κ1) is 27.8. The number of halogens is 10. The van der Waals surface area contributed by atoms with Crippen molar-refractivity contribution in [2.24, 2.45) is 10.2 Å². The van der Waals surface area contributed by atoms with Gasteiger partial charge in [-0.1, -0.05) is 46.4 Å². The van der Waals surface area contributed by atoms with E-state index in [0.717, 1.165) is 7.11 Å². The number of esters is 1. The molecule has 0 spiro atoms. The van der Waals surface area contributed by atoms with Crippen LogP contribution in [-0.4, -0.2) is 22.9 Å². The summed E-state index contributed by atoms with van der Waals surface area (Å²) in [5, 5.41) is 7.00. The van der Waals surface area contributed by atoms with Crippen molar-refractivity contribution in [3.8, 4) is 5.69 Å². The molecule has 3 rings (SSSR count). The number of nitrogens with one attached hydrogen (secondary N) is 1. The Hall–Kier alpha value is -2.74. The van der Waals surface area contributed by atoms with E-state index < -0.39 is 77.9 Å². The van der Waals surface area contributed by atoms with E-state index in [9.17, 15) is 35.9 Å². The molecule has 0 aliphatic heterocycles. The van der Waals surface area contributed by atoms with Gasteiger partial charge in [-0.05, 0) is 24.3 Å². The van der Waals surface area contributed by atoms with Gasteiger partial charge in [0.25, 0.3) is 5.56 Å². The lowest BCUT2D eigenvalue weighted by molar-refractivity contribution is -0.138. The summed E-state index contributed by atoms with van der Waals surface area (Å²) in [5.74, 6) is -1.16. The first-order valence-corrected chi connectivity index (χ1v) is 10.5. The van der Waals surface area contributed by atoms with Gasteiger partial charge in [-0.3, -0.25) is 9.89 Å². The Labute approximate surface area is 216 Å². The van der Waals surface area contributed by atoms with E-state index in [0.29, 0.717) is 28.9 Å². The molecular formula is C19H8Cl4F6N4O3. The standard InChI is InChI=1S/C19H8Cl4F6N4O3/c1-36-17(35)14-13(31-30-12-8(20)2-6(3-9(12)21)18(24,25)26)16(34)33(32-14)15-10(22)4-7(5-11(15)23)19(27,28)29/h2-5,32H,1H3. The summed E-state index contributed by atoms with van der Waals surface area (Å²) >= 11 is 23.5. The molecule has 0 aliphatic carbocycles. The molecule has 0 bridgehead atoms. The van der Waals surface area contributed by atoms with E-state index in [2.05, 4.69) is 20.1 Å². The monoisotopic (exact) mass is 594 g/mol. The van der Waals surface area contributed by atoms with E-state index in [-0.39, 0.29) is 0 Å². The molecule has 3 aromatic rings. The number of H-pyrrole nitrogens is 1. The third-order valence-electron chi connectivity index (χ3n) is 4.42. The van der Waals surface area contributed by atoms with Crippen LogP contribution in [0.2, 0.25) is 20.1 Å². The lowest BCUT2D eigenvalue weighted by Gasteiger charge is -2.12. The van der Waals surface area contributed by atoms with Crippen LogP contribution in [0.1, 0.15) is 21.6 Å². The van der Waals surface area contributed by atoms with Gasteiger partial charge in [0.05, 0.1) is 38.3 Å². The highest BCUT2D eigenvalue weighted by molar-refractivity contribution is 6.39. The van der Waals surface area contributed by atoms with Crippen LogP contribution in [0.3, 0.4) is 0 Å². The smallest absolute Gasteiger partial charge is 0.416 e. The quantitative estimate of drug-likeness (QED) is 0.188. The Morgan fingerprint density at radius 3 is 1.67 bits per heavy atom. The number of alkyl halides is 6. The number of aromatic amines is 1. The third-order valence-corrected chi connectivity index (χ3v) is 5.57. The average molecular weight is 596 g/mol. The van der Waals surface area contributed by atoms with Crippen LogP contribution in [0.4, 0.5) is 37.7 Å². The first-order valence-electron chi connectivity index (χ1n) is 9.04. The van der Waals surface area contributed by atoms with Gasteiger partial charge < -0.3 is 4.74 Å². The number of ether oxygens (including phenoxy) is 1. The molecule has 0 fully saturated rings. The van der Waals surface area contributed by atoms with Crippen molar-refractivity contribution >= 4 is 63.7 Å². The summed E-state index contributed by atoms with van der Waals surface area (Å²) < 4.78 is 82.9. The van der Waals surface area contributed by atoms with Gasteiger partial charge in [0.2, 0.25) is 0 Å². The molecule has 36 heavy (non-hydrogen) atoms. The fourth-order valence-electron chi connectivity index (χ4n) is 2.79. The fourth-order valence-corrected chi connectivity index (χ4v) is 4.01. The van der Waals surface area contributed by atoms with Crippen LogP contribution in [0, 0.1) is 0 Å². The molecule has 7 nitrogen and oxygen atoms in total. The number of aromatic nitrogens is 2. The van der Waals surface area contributed by atoms with Gasteiger partial charge in [-0.15, -0.1) is 10.2 Å². The number of hydrogen-bond donors (Lipinski definition) is 1. The molecule has 0 aliphatic rings. The van der Waals surface area contributed by atoms with Crippen molar-refractivity contribution in [3.05, 3.63) is 71.5 Å². The molecular weight excluding hydrogens is 588 g/mol. The molecule has 0 saturated heterocycles. The molecule has 0 saturated carbocycles. The fraction of sp³-hybridized carbons (Fsp3) is 0.158. The van der Waals surface area contributed by atoms with E-state index in [1.807, 2.05) is 0 Å². The van der Waals surface area contributed by atoms with Gasteiger partial charge in [0.15, 0.2) is 11.4 Å². The van der Waals surface area contributed by atoms with Crippen LogP contribution in [0.25, 0.3) is 5.69 Å². The second kappa shape index (κ2) is 9.96. The maximum atomic E-state index is 13.0.